The van der Waals surface area contributed by atoms with Gasteiger partial charge < -0.3 is 20.3 Å². The van der Waals surface area contributed by atoms with Crippen LogP contribution in [0.15, 0.2) is 48.5 Å². The predicted octanol–water partition coefficient (Wildman–Crippen LogP) is 3.41. The van der Waals surface area contributed by atoms with Gasteiger partial charge in [0.1, 0.15) is 11.3 Å². The van der Waals surface area contributed by atoms with E-state index >= 15 is 0 Å². The lowest BCUT2D eigenvalue weighted by Gasteiger charge is -2.31. The van der Waals surface area contributed by atoms with Crippen LogP contribution in [0, 0.1) is 0 Å². The molecule has 2 aromatic rings. The summed E-state index contributed by atoms with van der Waals surface area (Å²) in [6.45, 7) is 1.49. The number of aromatic carboxylic acids is 1. The number of amides is 1. The molecule has 3 N–H and O–H groups in total. The molecular weight excluding hydrogens is 391 g/mol. The van der Waals surface area contributed by atoms with E-state index in [4.69, 9.17) is 4.74 Å². The Hall–Kier alpha value is -3.07. The van der Waals surface area contributed by atoms with Gasteiger partial charge in [0.15, 0.2) is 5.60 Å². The van der Waals surface area contributed by atoms with Gasteiger partial charge in [-0.1, -0.05) is 36.4 Å². The van der Waals surface area contributed by atoms with E-state index in [1.807, 2.05) is 0 Å². The SMILES string of the molecule is COc1ccc([C@H](C)NC(=O)CC(O)(c2ccccc2)C(F)(F)F)cc1C(=O)O. The number of carboxylic acid groups (broad SMARTS) is 1. The first-order chi connectivity index (χ1) is 13.5. The largest absolute Gasteiger partial charge is 0.496 e. The fraction of sp³-hybridized carbons (Fsp3) is 0.300. The van der Waals surface area contributed by atoms with Crippen LogP contribution in [0.25, 0.3) is 0 Å². The molecule has 0 saturated heterocycles. The maximum Gasteiger partial charge on any atom is 0.421 e. The molecule has 6 nitrogen and oxygen atoms in total. The van der Waals surface area contributed by atoms with Gasteiger partial charge in [0.25, 0.3) is 0 Å². The van der Waals surface area contributed by atoms with Gasteiger partial charge in [-0.15, -0.1) is 0 Å². The third-order valence-corrected chi connectivity index (χ3v) is 4.47. The summed E-state index contributed by atoms with van der Waals surface area (Å²) < 4.78 is 45.5. The van der Waals surface area contributed by atoms with Gasteiger partial charge in [-0.25, -0.2) is 4.79 Å². The van der Waals surface area contributed by atoms with Crippen molar-refractivity contribution >= 4 is 11.9 Å². The van der Waals surface area contributed by atoms with Crippen LogP contribution in [-0.2, 0) is 10.4 Å². The second-order valence-corrected chi connectivity index (χ2v) is 6.45. The number of carboxylic acids is 1. The molecule has 1 amide bonds. The van der Waals surface area contributed by atoms with Crippen LogP contribution in [0.4, 0.5) is 13.2 Å². The van der Waals surface area contributed by atoms with Crippen LogP contribution in [0.5, 0.6) is 5.75 Å². The van der Waals surface area contributed by atoms with Crippen molar-refractivity contribution in [1.82, 2.24) is 5.32 Å². The third-order valence-electron chi connectivity index (χ3n) is 4.47. The van der Waals surface area contributed by atoms with Crippen molar-refractivity contribution in [2.45, 2.75) is 31.2 Å². The molecule has 0 bridgehead atoms. The summed E-state index contributed by atoms with van der Waals surface area (Å²) in [7, 11) is 1.30. The number of hydrogen-bond acceptors (Lipinski definition) is 4. The summed E-state index contributed by atoms with van der Waals surface area (Å²) in [6, 6.07) is 9.67. The molecule has 9 heteroatoms. The normalized spacial score (nSPS) is 14.6. The standard InChI is InChI=1S/C20H20F3NO5/c1-12(13-8-9-16(29-2)15(10-13)18(26)27)24-17(25)11-19(28,20(21,22)23)14-6-4-3-5-7-14/h3-10,12,28H,11H2,1-2H3,(H,24,25)(H,26,27)/t12-,19?/m0/s1. The Morgan fingerprint density at radius 1 is 1.14 bits per heavy atom. The molecule has 2 aromatic carbocycles. The van der Waals surface area contributed by atoms with Crippen LogP contribution in [-0.4, -0.2) is 35.4 Å². The lowest BCUT2D eigenvalue weighted by atomic mass is 9.89. The van der Waals surface area contributed by atoms with E-state index in [1.165, 1.54) is 50.4 Å². The average Bonchev–Trinajstić information content (AvgIpc) is 2.66. The highest BCUT2D eigenvalue weighted by atomic mass is 19.4. The zero-order valence-electron chi connectivity index (χ0n) is 15.7. The fourth-order valence-electron chi connectivity index (χ4n) is 2.85. The number of ether oxygens (including phenoxy) is 1. The quantitative estimate of drug-likeness (QED) is 0.649. The first-order valence-electron chi connectivity index (χ1n) is 8.55. The van der Waals surface area contributed by atoms with E-state index in [0.717, 1.165) is 12.1 Å². The average molecular weight is 411 g/mol. The molecule has 2 atom stereocenters. The van der Waals surface area contributed by atoms with Gasteiger partial charge in [-0.05, 0) is 30.2 Å². The lowest BCUT2D eigenvalue weighted by Crippen LogP contribution is -2.46. The maximum absolute atomic E-state index is 13.5. The van der Waals surface area contributed by atoms with Gasteiger partial charge in [0.05, 0.1) is 19.6 Å². The molecule has 0 aromatic heterocycles. The molecule has 2 rings (SSSR count). The summed E-state index contributed by atoms with van der Waals surface area (Å²) >= 11 is 0. The van der Waals surface area contributed by atoms with Gasteiger partial charge in [0.2, 0.25) is 5.91 Å². The first kappa shape index (κ1) is 22.2. The summed E-state index contributed by atoms with van der Waals surface area (Å²) in [4.78, 5) is 23.6. The van der Waals surface area contributed by atoms with Crippen molar-refractivity contribution in [2.24, 2.45) is 0 Å². The molecule has 1 unspecified atom stereocenters. The minimum atomic E-state index is -5.08. The Bertz CT molecular complexity index is 885. The lowest BCUT2D eigenvalue weighted by molar-refractivity contribution is -0.267. The molecule has 0 radical (unpaired) electrons. The number of methoxy groups -OCH3 is 1. The molecule has 29 heavy (non-hydrogen) atoms. The molecule has 0 saturated carbocycles. The third kappa shape index (κ3) is 4.86. The van der Waals surface area contributed by atoms with E-state index in [2.05, 4.69) is 5.32 Å². The maximum atomic E-state index is 13.5. The molecule has 0 spiro atoms. The van der Waals surface area contributed by atoms with Crippen molar-refractivity contribution in [3.63, 3.8) is 0 Å². The molecule has 0 aliphatic heterocycles. The molecule has 156 valence electrons. The second-order valence-electron chi connectivity index (χ2n) is 6.45. The molecular formula is C20H20F3NO5. The molecule has 0 aliphatic rings. The molecule has 0 aliphatic carbocycles. The van der Waals surface area contributed by atoms with Gasteiger partial charge in [-0.3, -0.25) is 4.79 Å². The Kier molecular flexibility index (Phi) is 6.53. The zero-order chi connectivity index (χ0) is 21.8. The number of halogens is 3. The van der Waals surface area contributed by atoms with Crippen molar-refractivity contribution in [3.8, 4) is 5.75 Å². The Morgan fingerprint density at radius 2 is 1.76 bits per heavy atom. The monoisotopic (exact) mass is 411 g/mol. The van der Waals surface area contributed by atoms with E-state index in [1.54, 1.807) is 0 Å². The van der Waals surface area contributed by atoms with E-state index in [-0.39, 0.29) is 11.3 Å². The first-order valence-corrected chi connectivity index (χ1v) is 8.55. The highest BCUT2D eigenvalue weighted by Crippen LogP contribution is 2.41. The van der Waals surface area contributed by atoms with Crippen LogP contribution in [0.2, 0.25) is 0 Å². The number of rotatable bonds is 7. The number of carbonyl (C=O) groups excluding carboxylic acids is 1. The Balaban J connectivity index is 2.23. The summed E-state index contributed by atoms with van der Waals surface area (Å²) in [5.74, 6) is -2.19. The smallest absolute Gasteiger partial charge is 0.421 e. The zero-order valence-corrected chi connectivity index (χ0v) is 15.7. The minimum Gasteiger partial charge on any atom is -0.496 e. The highest BCUT2D eigenvalue weighted by molar-refractivity contribution is 5.91. The van der Waals surface area contributed by atoms with Gasteiger partial charge >= 0.3 is 12.1 Å². The number of alkyl halides is 3. The van der Waals surface area contributed by atoms with E-state index in [0.29, 0.717) is 5.56 Å². The van der Waals surface area contributed by atoms with E-state index < -0.39 is 41.7 Å². The summed E-state index contributed by atoms with van der Waals surface area (Å²) in [6.07, 6.45) is -6.32. The Labute approximate surface area is 164 Å². The van der Waals surface area contributed by atoms with Crippen LogP contribution in [0.3, 0.4) is 0 Å². The van der Waals surface area contributed by atoms with Crippen LogP contribution < -0.4 is 10.1 Å². The van der Waals surface area contributed by atoms with Crippen molar-refractivity contribution in [1.29, 1.82) is 0 Å². The van der Waals surface area contributed by atoms with Crippen molar-refractivity contribution in [2.75, 3.05) is 7.11 Å². The second kappa shape index (κ2) is 8.52. The number of nitrogens with one attached hydrogen (secondary N) is 1. The van der Waals surface area contributed by atoms with E-state index in [9.17, 15) is 33.0 Å². The number of carbonyl (C=O) groups is 2. The van der Waals surface area contributed by atoms with Gasteiger partial charge in [-0.2, -0.15) is 13.2 Å². The predicted molar refractivity (Wildman–Crippen MR) is 97.5 cm³/mol. The molecule has 0 heterocycles. The summed E-state index contributed by atoms with van der Waals surface area (Å²) in [5.41, 5.74) is -3.61. The number of aliphatic hydroxyl groups is 1. The van der Waals surface area contributed by atoms with Crippen LogP contribution in [0.1, 0.15) is 40.9 Å². The van der Waals surface area contributed by atoms with Gasteiger partial charge in [0, 0.05) is 0 Å². The number of benzene rings is 2. The minimum absolute atomic E-state index is 0.107. The Morgan fingerprint density at radius 3 is 2.28 bits per heavy atom. The van der Waals surface area contributed by atoms with Crippen molar-refractivity contribution < 1.29 is 37.7 Å². The molecule has 0 fully saturated rings. The summed E-state index contributed by atoms with van der Waals surface area (Å²) in [5, 5.41) is 21.9. The highest BCUT2D eigenvalue weighted by Gasteiger charge is 2.56. The van der Waals surface area contributed by atoms with Crippen LogP contribution >= 0.6 is 0 Å². The van der Waals surface area contributed by atoms with Crippen molar-refractivity contribution in [3.05, 3.63) is 65.2 Å². The topological polar surface area (TPSA) is 95.9 Å². The number of hydrogen-bond donors (Lipinski definition) is 3. The fourth-order valence-corrected chi connectivity index (χ4v) is 2.85.